The average molecular weight is 341 g/mol. The highest BCUT2D eigenvalue weighted by Crippen LogP contribution is 2.31. The zero-order valence-corrected chi connectivity index (χ0v) is 12.5. The zero-order valence-electron chi connectivity index (χ0n) is 12.5. The lowest BCUT2D eigenvalue weighted by Crippen LogP contribution is -2.39. The molecule has 0 aliphatic carbocycles. The maximum absolute atomic E-state index is 12.9. The number of carbonyl (C=O) groups excluding carboxylic acids is 1. The molecule has 128 valence electrons. The molecule has 2 aromatic rings. The molecular weight excluding hydrogens is 326 g/mol. The predicted molar refractivity (Wildman–Crippen MR) is 79.9 cm³/mol. The van der Waals surface area contributed by atoms with Gasteiger partial charge in [-0.05, 0) is 36.2 Å². The fourth-order valence-electron chi connectivity index (χ4n) is 2.26. The fourth-order valence-corrected chi connectivity index (χ4v) is 2.26. The van der Waals surface area contributed by atoms with E-state index in [1.54, 1.807) is 0 Å². The zero-order chi connectivity index (χ0) is 17.7. The van der Waals surface area contributed by atoms with Gasteiger partial charge in [-0.15, -0.1) is 0 Å². The van der Waals surface area contributed by atoms with E-state index in [4.69, 9.17) is 0 Å². The van der Waals surface area contributed by atoms with E-state index in [0.717, 1.165) is 12.1 Å². The van der Waals surface area contributed by atoms with E-state index < -0.39 is 41.7 Å². The lowest BCUT2D eigenvalue weighted by atomic mass is 10.0. The monoisotopic (exact) mass is 341 g/mol. The number of hydrogen-bond donors (Lipinski definition) is 2. The number of carbonyl (C=O) groups is 1. The van der Waals surface area contributed by atoms with Crippen LogP contribution in [-0.2, 0) is 12.6 Å². The van der Waals surface area contributed by atoms with E-state index in [1.165, 1.54) is 36.4 Å². The Morgan fingerprint density at radius 2 is 1.71 bits per heavy atom. The van der Waals surface area contributed by atoms with Crippen molar-refractivity contribution in [3.05, 3.63) is 71.0 Å². The maximum atomic E-state index is 12.9. The Bertz CT molecular complexity index is 698. The Labute approximate surface area is 135 Å². The molecule has 1 amide bonds. The summed E-state index contributed by atoms with van der Waals surface area (Å²) < 4.78 is 51.7. The number of nitrogens with one attached hydrogen (secondary N) is 1. The first-order valence-corrected chi connectivity index (χ1v) is 7.13. The highest BCUT2D eigenvalue weighted by molar-refractivity contribution is 5.96. The number of aliphatic hydroxyl groups is 1. The SMILES string of the molecule is O=C(N[C@@H](CO)Cc1ccc(F)cc1)c1ccccc1C(F)(F)F. The van der Waals surface area contributed by atoms with Crippen LogP contribution in [0.3, 0.4) is 0 Å². The van der Waals surface area contributed by atoms with Gasteiger partial charge in [-0.25, -0.2) is 4.39 Å². The molecule has 24 heavy (non-hydrogen) atoms. The summed E-state index contributed by atoms with van der Waals surface area (Å²) in [7, 11) is 0. The van der Waals surface area contributed by atoms with Crippen molar-refractivity contribution in [2.75, 3.05) is 6.61 Å². The third kappa shape index (κ3) is 4.55. The Morgan fingerprint density at radius 1 is 1.08 bits per heavy atom. The summed E-state index contributed by atoms with van der Waals surface area (Å²) in [5, 5.41) is 11.7. The normalized spacial score (nSPS) is 12.7. The molecule has 3 nitrogen and oxygen atoms in total. The molecule has 0 radical (unpaired) electrons. The molecule has 0 unspecified atom stereocenters. The number of halogens is 4. The minimum absolute atomic E-state index is 0.163. The summed E-state index contributed by atoms with van der Waals surface area (Å²) in [6.07, 6.45) is -4.49. The molecule has 7 heteroatoms. The van der Waals surface area contributed by atoms with Crippen LogP contribution < -0.4 is 5.32 Å². The maximum Gasteiger partial charge on any atom is 0.417 e. The number of aliphatic hydroxyl groups excluding tert-OH is 1. The highest BCUT2D eigenvalue weighted by atomic mass is 19.4. The quantitative estimate of drug-likeness (QED) is 0.821. The summed E-state index contributed by atoms with van der Waals surface area (Å²) in [5.74, 6) is -1.36. The van der Waals surface area contributed by atoms with Crippen LogP contribution in [0.5, 0.6) is 0 Å². The van der Waals surface area contributed by atoms with Gasteiger partial charge in [0, 0.05) is 0 Å². The molecule has 0 spiro atoms. The minimum atomic E-state index is -4.65. The van der Waals surface area contributed by atoms with Crippen molar-refractivity contribution in [3.63, 3.8) is 0 Å². The second-order valence-electron chi connectivity index (χ2n) is 5.23. The van der Waals surface area contributed by atoms with E-state index in [1.807, 2.05) is 0 Å². The minimum Gasteiger partial charge on any atom is -0.394 e. The van der Waals surface area contributed by atoms with Gasteiger partial charge in [0.25, 0.3) is 5.91 Å². The molecular formula is C17H15F4NO2. The van der Waals surface area contributed by atoms with Crippen LogP contribution in [0.25, 0.3) is 0 Å². The van der Waals surface area contributed by atoms with Gasteiger partial charge in [0.2, 0.25) is 0 Å². The van der Waals surface area contributed by atoms with Crippen LogP contribution in [0.1, 0.15) is 21.5 Å². The van der Waals surface area contributed by atoms with Gasteiger partial charge >= 0.3 is 6.18 Å². The van der Waals surface area contributed by atoms with Crippen LogP contribution in [0.15, 0.2) is 48.5 Å². The molecule has 0 saturated carbocycles. The van der Waals surface area contributed by atoms with E-state index in [0.29, 0.717) is 5.56 Å². The third-order valence-corrected chi connectivity index (χ3v) is 3.43. The average Bonchev–Trinajstić information content (AvgIpc) is 2.55. The van der Waals surface area contributed by atoms with E-state index in [2.05, 4.69) is 5.32 Å². The molecule has 2 aromatic carbocycles. The fraction of sp³-hybridized carbons (Fsp3) is 0.235. The van der Waals surface area contributed by atoms with Gasteiger partial charge in [0.15, 0.2) is 0 Å². The van der Waals surface area contributed by atoms with Gasteiger partial charge in [-0.2, -0.15) is 13.2 Å². The molecule has 0 aliphatic heterocycles. The van der Waals surface area contributed by atoms with Gasteiger partial charge in [-0.3, -0.25) is 4.79 Å². The van der Waals surface area contributed by atoms with Crippen molar-refractivity contribution >= 4 is 5.91 Å². The summed E-state index contributed by atoms with van der Waals surface area (Å²) in [5.41, 5.74) is -0.914. The molecule has 2 N–H and O–H groups in total. The number of hydrogen-bond acceptors (Lipinski definition) is 2. The first-order chi connectivity index (χ1) is 11.3. The number of amides is 1. The first kappa shape index (κ1) is 17.9. The standard InChI is InChI=1S/C17H15F4NO2/c18-12-7-5-11(6-8-12)9-13(10-23)22-16(24)14-3-1-2-4-15(14)17(19,20)21/h1-8,13,23H,9-10H2,(H,22,24)/t13-/m1/s1. The predicted octanol–water partition coefficient (Wildman–Crippen LogP) is 3.18. The summed E-state index contributed by atoms with van der Waals surface area (Å²) in [4.78, 5) is 12.1. The van der Waals surface area contributed by atoms with Gasteiger partial charge in [0.1, 0.15) is 5.82 Å². The van der Waals surface area contributed by atoms with Crippen LogP contribution in [-0.4, -0.2) is 23.7 Å². The van der Waals surface area contributed by atoms with Crippen molar-refractivity contribution in [2.45, 2.75) is 18.6 Å². The molecule has 0 aromatic heterocycles. The Kier molecular flexibility index (Phi) is 5.56. The summed E-state index contributed by atoms with van der Waals surface area (Å²) >= 11 is 0. The molecule has 0 saturated heterocycles. The summed E-state index contributed by atoms with van der Waals surface area (Å²) in [6, 6.07) is 9.05. The summed E-state index contributed by atoms with van der Waals surface area (Å²) in [6.45, 7) is -0.461. The van der Waals surface area contributed by atoms with Crippen LogP contribution in [0, 0.1) is 5.82 Å². The second kappa shape index (κ2) is 7.44. The molecule has 2 rings (SSSR count). The Hall–Kier alpha value is -2.41. The van der Waals surface area contributed by atoms with E-state index in [9.17, 15) is 27.5 Å². The number of alkyl halides is 3. The lowest BCUT2D eigenvalue weighted by Gasteiger charge is -2.18. The molecule has 0 bridgehead atoms. The van der Waals surface area contributed by atoms with Crippen molar-refractivity contribution < 1.29 is 27.5 Å². The second-order valence-corrected chi connectivity index (χ2v) is 5.23. The van der Waals surface area contributed by atoms with E-state index >= 15 is 0 Å². The molecule has 0 fully saturated rings. The van der Waals surface area contributed by atoms with Crippen molar-refractivity contribution in [1.29, 1.82) is 0 Å². The van der Waals surface area contributed by atoms with Crippen LogP contribution in [0.4, 0.5) is 17.6 Å². The molecule has 1 atom stereocenters. The van der Waals surface area contributed by atoms with Gasteiger partial charge < -0.3 is 10.4 Å². The van der Waals surface area contributed by atoms with Crippen molar-refractivity contribution in [3.8, 4) is 0 Å². The van der Waals surface area contributed by atoms with E-state index in [-0.39, 0.29) is 6.42 Å². The largest absolute Gasteiger partial charge is 0.417 e. The number of benzene rings is 2. The van der Waals surface area contributed by atoms with Gasteiger partial charge in [-0.1, -0.05) is 24.3 Å². The first-order valence-electron chi connectivity index (χ1n) is 7.13. The topological polar surface area (TPSA) is 49.3 Å². The molecule has 0 heterocycles. The molecule has 0 aliphatic rings. The third-order valence-electron chi connectivity index (χ3n) is 3.43. The highest BCUT2D eigenvalue weighted by Gasteiger charge is 2.35. The van der Waals surface area contributed by atoms with Crippen molar-refractivity contribution in [1.82, 2.24) is 5.32 Å². The van der Waals surface area contributed by atoms with Crippen LogP contribution in [0.2, 0.25) is 0 Å². The van der Waals surface area contributed by atoms with Gasteiger partial charge in [0.05, 0.1) is 23.8 Å². The van der Waals surface area contributed by atoms with Crippen molar-refractivity contribution in [2.24, 2.45) is 0 Å². The Balaban J connectivity index is 2.14. The van der Waals surface area contributed by atoms with Crippen LogP contribution >= 0.6 is 0 Å². The lowest BCUT2D eigenvalue weighted by molar-refractivity contribution is -0.137. The Morgan fingerprint density at radius 3 is 2.29 bits per heavy atom. The number of rotatable bonds is 5. The smallest absolute Gasteiger partial charge is 0.394 e.